The molecule has 0 amide bonds. The zero-order chi connectivity index (χ0) is 30.9. The highest BCUT2D eigenvalue weighted by Crippen LogP contribution is 2.44. The van der Waals surface area contributed by atoms with Gasteiger partial charge in [-0.3, -0.25) is 24.5 Å². The van der Waals surface area contributed by atoms with E-state index in [1.165, 1.54) is 24.9 Å². The molecule has 0 unspecified atom stereocenters. The molecule has 0 bridgehead atoms. The first-order valence-corrected chi connectivity index (χ1v) is 14.6. The lowest BCUT2D eigenvalue weighted by atomic mass is 9.72. The van der Waals surface area contributed by atoms with E-state index in [0.29, 0.717) is 22.9 Å². The minimum absolute atomic E-state index is 0.157. The van der Waals surface area contributed by atoms with Crippen LogP contribution in [-0.4, -0.2) is 57.5 Å². The van der Waals surface area contributed by atoms with E-state index in [1.54, 1.807) is 18.5 Å². The van der Waals surface area contributed by atoms with E-state index in [4.69, 9.17) is 10.5 Å². The summed E-state index contributed by atoms with van der Waals surface area (Å²) in [5, 5.41) is 0. The smallest absolute Gasteiger partial charge is 0.272 e. The van der Waals surface area contributed by atoms with Gasteiger partial charge in [0.25, 0.3) is 10.9 Å². The number of halogens is 1. The van der Waals surface area contributed by atoms with Crippen molar-refractivity contribution < 1.29 is 9.13 Å². The highest BCUT2D eigenvalue weighted by Gasteiger charge is 2.53. The molecule has 2 aromatic carbocycles. The van der Waals surface area contributed by atoms with Crippen molar-refractivity contribution in [3.8, 4) is 39.4 Å². The van der Waals surface area contributed by atoms with Crippen LogP contribution in [0.3, 0.4) is 0 Å². The van der Waals surface area contributed by atoms with Crippen molar-refractivity contribution in [1.29, 1.82) is 0 Å². The van der Waals surface area contributed by atoms with Gasteiger partial charge in [0.05, 0.1) is 30.7 Å². The molecule has 2 aliphatic rings. The molecule has 2 N–H and O–H groups in total. The van der Waals surface area contributed by atoms with Gasteiger partial charge in [-0.05, 0) is 35.4 Å². The molecule has 11 heteroatoms. The van der Waals surface area contributed by atoms with Crippen LogP contribution in [0.4, 0.5) is 15.9 Å². The fraction of sp³-hybridized carbons (Fsp3) is 0.206. The number of hydrogen-bond acceptors (Lipinski definition) is 9. The molecule has 2 aliphatic heterocycles. The number of nitrogens with two attached hydrogens (primary N) is 1. The van der Waals surface area contributed by atoms with Gasteiger partial charge in [-0.1, -0.05) is 24.3 Å². The van der Waals surface area contributed by atoms with Gasteiger partial charge in [0.2, 0.25) is 0 Å². The number of anilines is 2. The number of aromatic nitrogens is 4. The molecule has 6 aromatic rings. The number of benzene rings is 1. The van der Waals surface area contributed by atoms with Crippen LogP contribution >= 0.6 is 0 Å². The minimum atomic E-state index is -0.528. The van der Waals surface area contributed by atoms with Crippen LogP contribution in [0.2, 0.25) is 0 Å². The Morgan fingerprint density at radius 2 is 1.67 bits per heavy atom. The molecule has 224 valence electrons. The Bertz CT molecular complexity index is 2150. The Kier molecular flexibility index (Phi) is 6.07. The molecule has 0 aliphatic carbocycles. The first-order valence-electron chi connectivity index (χ1n) is 14.6. The molecule has 10 nitrogen and oxygen atoms in total. The topological polar surface area (TPSA) is 119 Å². The molecule has 0 atom stereocenters. The number of hydrogen-bond donors (Lipinski definition) is 1. The number of nitrogen functional groups attached to an aromatic ring is 1. The van der Waals surface area contributed by atoms with Crippen molar-refractivity contribution in [1.82, 2.24) is 24.3 Å². The van der Waals surface area contributed by atoms with Gasteiger partial charge in [0.15, 0.2) is 5.75 Å². The highest BCUT2D eigenvalue weighted by molar-refractivity contribution is 5.96. The predicted octanol–water partition coefficient (Wildman–Crippen LogP) is 3.77. The average molecular weight is 602 g/mol. The van der Waals surface area contributed by atoms with Crippen LogP contribution in [0, 0.1) is 11.2 Å². The van der Waals surface area contributed by atoms with Crippen molar-refractivity contribution in [3.63, 3.8) is 0 Å². The van der Waals surface area contributed by atoms with Crippen LogP contribution in [0.15, 0.2) is 89.1 Å². The molecule has 45 heavy (non-hydrogen) atoms. The molecule has 6 heterocycles. The second-order valence-electron chi connectivity index (χ2n) is 12.0. The second-order valence-corrected chi connectivity index (χ2v) is 12.0. The quantitative estimate of drug-likeness (QED) is 0.273. The minimum Gasteiger partial charge on any atom is -0.491 e. The van der Waals surface area contributed by atoms with Gasteiger partial charge in [-0.15, -0.1) is 0 Å². The Labute approximate surface area is 256 Å². The van der Waals surface area contributed by atoms with Crippen LogP contribution in [0.25, 0.3) is 39.2 Å². The Morgan fingerprint density at radius 1 is 0.889 bits per heavy atom. The van der Waals surface area contributed by atoms with Crippen molar-refractivity contribution in [3.05, 3.63) is 111 Å². The standard InChI is InChI=1S/C34H28FN7O3/c1-45-32-29(30(43)31(32)44)42-18-34(19-42)16-40(17-34)13-20-4-6-21(7-5-20)28-24(23-3-2-10-37-33(23)36)14-41-15-26(39-12-27(28)41)25-9-8-22(35)11-38-25/h2-12,14-15H,13,16-19H2,1H3,(H2,36,37). The Morgan fingerprint density at radius 3 is 2.38 bits per heavy atom. The molecular formula is C34H28FN7O3. The Balaban J connectivity index is 1.03. The monoisotopic (exact) mass is 601 g/mol. The zero-order valence-corrected chi connectivity index (χ0v) is 24.4. The fourth-order valence-corrected chi connectivity index (χ4v) is 6.89. The van der Waals surface area contributed by atoms with E-state index in [0.717, 1.165) is 60.5 Å². The molecular weight excluding hydrogens is 573 g/mol. The Hall–Kier alpha value is -5.42. The normalized spacial score (nSPS) is 15.8. The largest absolute Gasteiger partial charge is 0.491 e. The highest BCUT2D eigenvalue weighted by atomic mass is 19.1. The van der Waals surface area contributed by atoms with Crippen LogP contribution in [0.5, 0.6) is 5.75 Å². The maximum atomic E-state index is 13.5. The van der Waals surface area contributed by atoms with Crippen LogP contribution < -0.4 is 26.2 Å². The summed E-state index contributed by atoms with van der Waals surface area (Å²) in [6.07, 6.45) is 8.56. The molecule has 1 spiro atoms. The second kappa shape index (κ2) is 10.1. The molecule has 0 saturated carbocycles. The number of fused-ring (bicyclic) bond motifs is 1. The lowest BCUT2D eigenvalue weighted by Gasteiger charge is -2.61. The summed E-state index contributed by atoms with van der Waals surface area (Å²) in [5.41, 5.74) is 13.0. The predicted molar refractivity (Wildman–Crippen MR) is 169 cm³/mol. The summed E-state index contributed by atoms with van der Waals surface area (Å²) in [6.45, 7) is 4.22. The van der Waals surface area contributed by atoms with Gasteiger partial charge >= 0.3 is 0 Å². The summed E-state index contributed by atoms with van der Waals surface area (Å²) in [5.74, 6) is 0.227. The lowest BCUT2D eigenvalue weighted by Crippen LogP contribution is -2.73. The van der Waals surface area contributed by atoms with E-state index < -0.39 is 16.7 Å². The van der Waals surface area contributed by atoms with E-state index in [2.05, 4.69) is 44.1 Å². The van der Waals surface area contributed by atoms with E-state index in [-0.39, 0.29) is 11.2 Å². The zero-order valence-electron chi connectivity index (χ0n) is 24.4. The fourth-order valence-electron chi connectivity index (χ4n) is 6.89. The van der Waals surface area contributed by atoms with Crippen molar-refractivity contribution >= 4 is 17.0 Å². The molecule has 0 radical (unpaired) electrons. The van der Waals surface area contributed by atoms with Gasteiger partial charge in [0.1, 0.15) is 23.0 Å². The van der Waals surface area contributed by atoms with Gasteiger partial charge in [-0.2, -0.15) is 0 Å². The number of nitrogens with zero attached hydrogens (tertiary/aromatic N) is 6. The summed E-state index contributed by atoms with van der Waals surface area (Å²) < 4.78 is 20.6. The number of methoxy groups -OCH3 is 1. The van der Waals surface area contributed by atoms with Crippen LogP contribution in [0.1, 0.15) is 5.56 Å². The van der Waals surface area contributed by atoms with E-state index >= 15 is 0 Å². The molecule has 2 saturated heterocycles. The van der Waals surface area contributed by atoms with Crippen molar-refractivity contribution in [2.24, 2.45) is 5.41 Å². The van der Waals surface area contributed by atoms with E-state index in [1.807, 2.05) is 33.8 Å². The van der Waals surface area contributed by atoms with Crippen molar-refractivity contribution in [2.45, 2.75) is 6.54 Å². The maximum Gasteiger partial charge on any atom is 0.272 e. The van der Waals surface area contributed by atoms with Crippen molar-refractivity contribution in [2.75, 3.05) is 43.9 Å². The van der Waals surface area contributed by atoms with Gasteiger partial charge < -0.3 is 19.8 Å². The van der Waals surface area contributed by atoms with Gasteiger partial charge in [0, 0.05) is 73.4 Å². The first-order chi connectivity index (χ1) is 21.8. The van der Waals surface area contributed by atoms with E-state index in [9.17, 15) is 14.0 Å². The number of rotatable bonds is 7. The number of pyridine rings is 2. The third kappa shape index (κ3) is 4.38. The molecule has 8 rings (SSSR count). The summed E-state index contributed by atoms with van der Waals surface area (Å²) in [6, 6.07) is 15.3. The third-order valence-corrected chi connectivity index (χ3v) is 8.96. The first kappa shape index (κ1) is 27.2. The summed E-state index contributed by atoms with van der Waals surface area (Å²) in [7, 11) is 1.43. The van der Waals surface area contributed by atoms with Gasteiger partial charge in [-0.25, -0.2) is 9.37 Å². The lowest BCUT2D eigenvalue weighted by molar-refractivity contribution is -0.0276. The van der Waals surface area contributed by atoms with Crippen LogP contribution in [-0.2, 0) is 6.54 Å². The number of ether oxygens (including phenoxy) is 1. The summed E-state index contributed by atoms with van der Waals surface area (Å²) >= 11 is 0. The number of likely N-dealkylation sites (tertiary alicyclic amines) is 1. The maximum absolute atomic E-state index is 13.5. The summed E-state index contributed by atoms with van der Waals surface area (Å²) in [4.78, 5) is 41.2. The third-order valence-electron chi connectivity index (χ3n) is 8.96. The molecule has 4 aromatic heterocycles. The molecule has 2 fully saturated rings. The SMILES string of the molecule is COc1c(N2CC3(CN(Cc4ccc(-c5c(-c6cccnc6N)cn6cc(-c7ccc(F)cn7)ncc56)cc4)C3)C2)c(=O)c1=O. The average Bonchev–Trinajstić information content (AvgIpc) is 3.39.